The predicted molar refractivity (Wildman–Crippen MR) is 119 cm³/mol. The van der Waals surface area contributed by atoms with Gasteiger partial charge in [-0.25, -0.2) is 0 Å². The molecular weight excluding hydrogens is 400 g/mol. The predicted octanol–water partition coefficient (Wildman–Crippen LogP) is 4.02. The van der Waals surface area contributed by atoms with Crippen molar-refractivity contribution in [3.05, 3.63) is 58.9 Å². The molecule has 0 bridgehead atoms. The molecule has 156 valence electrons. The van der Waals surface area contributed by atoms with Crippen LogP contribution in [0.2, 0.25) is 0 Å². The Morgan fingerprint density at radius 3 is 2.57 bits per heavy atom. The molecule has 0 aliphatic heterocycles. The van der Waals surface area contributed by atoms with Crippen molar-refractivity contribution in [2.45, 2.75) is 31.5 Å². The van der Waals surface area contributed by atoms with E-state index in [1.807, 2.05) is 52.9 Å². The van der Waals surface area contributed by atoms with Gasteiger partial charge in [0.15, 0.2) is 5.16 Å². The van der Waals surface area contributed by atoms with Crippen molar-refractivity contribution in [2.24, 2.45) is 0 Å². The van der Waals surface area contributed by atoms with E-state index in [1.165, 1.54) is 0 Å². The van der Waals surface area contributed by atoms with Crippen LogP contribution in [0, 0.1) is 0 Å². The molecule has 8 heteroatoms. The number of nitrogens with zero attached hydrogens (tertiary/aromatic N) is 4. The summed E-state index contributed by atoms with van der Waals surface area (Å²) in [7, 11) is 1.64. The quantitative estimate of drug-likeness (QED) is 0.299. The maximum atomic E-state index is 13.0. The Morgan fingerprint density at radius 2 is 1.80 bits per heavy atom. The van der Waals surface area contributed by atoms with Crippen LogP contribution in [0.15, 0.2) is 58.5 Å². The molecule has 0 aliphatic rings. The van der Waals surface area contributed by atoms with Crippen LogP contribution in [-0.4, -0.2) is 38.6 Å². The molecule has 0 radical (unpaired) electrons. The highest BCUT2D eigenvalue weighted by Gasteiger charge is 2.16. The van der Waals surface area contributed by atoms with Gasteiger partial charge >= 0.3 is 0 Å². The van der Waals surface area contributed by atoms with E-state index in [9.17, 15) is 4.79 Å². The van der Waals surface area contributed by atoms with Gasteiger partial charge in [-0.1, -0.05) is 37.2 Å². The maximum Gasteiger partial charge on any atom is 0.262 e. The largest absolute Gasteiger partial charge is 0.497 e. The van der Waals surface area contributed by atoms with Crippen LogP contribution in [0.25, 0.3) is 16.7 Å². The summed E-state index contributed by atoms with van der Waals surface area (Å²) in [4.78, 5) is 13.0. The molecule has 0 N–H and O–H groups in total. The van der Waals surface area contributed by atoms with E-state index in [0.717, 1.165) is 35.0 Å². The molecule has 2 aromatic carbocycles. The number of para-hydroxylation sites is 1. The molecule has 0 aliphatic carbocycles. The van der Waals surface area contributed by atoms with Crippen LogP contribution in [0.1, 0.15) is 19.8 Å². The lowest BCUT2D eigenvalue weighted by molar-refractivity contribution is 0.342. The first kappa shape index (κ1) is 20.3. The van der Waals surface area contributed by atoms with E-state index < -0.39 is 0 Å². The van der Waals surface area contributed by atoms with Crippen molar-refractivity contribution in [1.29, 1.82) is 0 Å². The zero-order chi connectivity index (χ0) is 20.9. The number of methoxy groups -OCH3 is 1. The number of ether oxygens (including phenoxy) is 2. The normalized spacial score (nSPS) is 11.3. The molecule has 2 heterocycles. The fraction of sp³-hybridized carbons (Fsp3) is 0.318. The van der Waals surface area contributed by atoms with Crippen molar-refractivity contribution in [3.8, 4) is 11.5 Å². The molecule has 4 rings (SSSR count). The highest BCUT2D eigenvalue weighted by molar-refractivity contribution is 7.99. The van der Waals surface area contributed by atoms with Gasteiger partial charge in [0.05, 0.1) is 24.6 Å². The van der Waals surface area contributed by atoms with Crippen molar-refractivity contribution >= 4 is 28.4 Å². The molecule has 0 atom stereocenters. The van der Waals surface area contributed by atoms with Gasteiger partial charge in [-0.3, -0.25) is 13.8 Å². The highest BCUT2D eigenvalue weighted by atomic mass is 32.2. The molecule has 2 aromatic heterocycles. The second-order valence-corrected chi connectivity index (χ2v) is 7.88. The lowest BCUT2D eigenvalue weighted by Crippen LogP contribution is -2.23. The number of thioether (sulfide) groups is 1. The monoisotopic (exact) mass is 424 g/mol. The van der Waals surface area contributed by atoms with Crippen LogP contribution in [0.5, 0.6) is 11.5 Å². The number of fused-ring (bicyclic) bond motifs is 3. The van der Waals surface area contributed by atoms with Crippen molar-refractivity contribution < 1.29 is 9.47 Å². The van der Waals surface area contributed by atoms with Crippen molar-refractivity contribution in [2.75, 3.05) is 19.5 Å². The number of rotatable bonds is 9. The molecule has 4 aromatic rings. The molecule has 0 saturated carbocycles. The molecule has 0 amide bonds. The fourth-order valence-corrected chi connectivity index (χ4v) is 4.07. The van der Waals surface area contributed by atoms with Gasteiger partial charge < -0.3 is 9.47 Å². The van der Waals surface area contributed by atoms with Crippen molar-refractivity contribution in [1.82, 2.24) is 19.2 Å². The SMILES string of the molecule is CCCCn1c(=O)c2ccccc2n2c(SCCOc3ccc(OC)cc3)nnc12. The van der Waals surface area contributed by atoms with Gasteiger partial charge in [0, 0.05) is 12.3 Å². The van der Waals surface area contributed by atoms with Gasteiger partial charge in [-0.2, -0.15) is 0 Å². The number of aryl methyl sites for hydroxylation is 1. The number of benzene rings is 2. The lowest BCUT2D eigenvalue weighted by Gasteiger charge is -2.11. The summed E-state index contributed by atoms with van der Waals surface area (Å²) in [6.45, 7) is 3.27. The zero-order valence-electron chi connectivity index (χ0n) is 17.1. The summed E-state index contributed by atoms with van der Waals surface area (Å²) in [6.07, 6.45) is 1.92. The van der Waals surface area contributed by atoms with E-state index in [2.05, 4.69) is 17.1 Å². The highest BCUT2D eigenvalue weighted by Crippen LogP contribution is 2.22. The van der Waals surface area contributed by atoms with Crippen LogP contribution in [0.3, 0.4) is 0 Å². The molecule has 0 saturated heterocycles. The third-order valence-electron chi connectivity index (χ3n) is 4.86. The Balaban J connectivity index is 1.57. The maximum absolute atomic E-state index is 13.0. The summed E-state index contributed by atoms with van der Waals surface area (Å²) in [5.74, 6) is 2.88. The minimum absolute atomic E-state index is 0.0154. The van der Waals surface area contributed by atoms with Crippen molar-refractivity contribution in [3.63, 3.8) is 0 Å². The average Bonchev–Trinajstić information content (AvgIpc) is 3.21. The molecule has 0 spiro atoms. The summed E-state index contributed by atoms with van der Waals surface area (Å²) in [5, 5.41) is 10.1. The van der Waals surface area contributed by atoms with Gasteiger partial charge in [0.1, 0.15) is 11.5 Å². The van der Waals surface area contributed by atoms with E-state index in [1.54, 1.807) is 23.4 Å². The molecular formula is C22H24N4O3S. The second kappa shape index (κ2) is 9.21. The number of aromatic nitrogens is 4. The van der Waals surface area contributed by atoms with Crippen LogP contribution in [0.4, 0.5) is 0 Å². The molecule has 0 fully saturated rings. The van der Waals surface area contributed by atoms with Crippen LogP contribution >= 0.6 is 11.8 Å². The minimum Gasteiger partial charge on any atom is -0.497 e. The first-order valence-electron chi connectivity index (χ1n) is 9.99. The van der Waals surface area contributed by atoms with E-state index in [-0.39, 0.29) is 5.56 Å². The first-order valence-corrected chi connectivity index (χ1v) is 11.0. The summed E-state index contributed by atoms with van der Waals surface area (Å²) in [5.41, 5.74) is 0.812. The van der Waals surface area contributed by atoms with Crippen LogP contribution in [-0.2, 0) is 6.54 Å². The van der Waals surface area contributed by atoms with E-state index in [4.69, 9.17) is 9.47 Å². The zero-order valence-corrected chi connectivity index (χ0v) is 17.9. The summed E-state index contributed by atoms with van der Waals surface area (Å²) >= 11 is 1.56. The third-order valence-corrected chi connectivity index (χ3v) is 5.75. The van der Waals surface area contributed by atoms with Gasteiger partial charge in [-0.05, 0) is 42.8 Å². The van der Waals surface area contributed by atoms with Gasteiger partial charge in [-0.15, -0.1) is 10.2 Å². The first-order chi connectivity index (χ1) is 14.7. The minimum atomic E-state index is -0.0154. The Labute approximate surface area is 178 Å². The summed E-state index contributed by atoms with van der Waals surface area (Å²) in [6, 6.07) is 15.1. The Hall–Kier alpha value is -3.00. The van der Waals surface area contributed by atoms with E-state index >= 15 is 0 Å². The topological polar surface area (TPSA) is 70.7 Å². The Bertz CT molecular complexity index is 1200. The van der Waals surface area contributed by atoms with Gasteiger partial charge in [0.25, 0.3) is 5.56 Å². The number of unbranched alkanes of at least 4 members (excludes halogenated alkanes) is 1. The summed E-state index contributed by atoms with van der Waals surface area (Å²) < 4.78 is 14.7. The standard InChI is InChI=1S/C22H24N4O3S/c1-3-4-13-25-20(27)18-7-5-6-8-19(18)26-21(25)23-24-22(26)30-15-14-29-17-11-9-16(28-2)10-12-17/h5-12H,3-4,13-15H2,1-2H3. The molecule has 7 nitrogen and oxygen atoms in total. The fourth-order valence-electron chi connectivity index (χ4n) is 3.31. The Kier molecular flexibility index (Phi) is 6.23. The molecule has 0 unspecified atom stereocenters. The second-order valence-electron chi connectivity index (χ2n) is 6.82. The number of hydrogen-bond donors (Lipinski definition) is 0. The smallest absolute Gasteiger partial charge is 0.262 e. The Morgan fingerprint density at radius 1 is 1.03 bits per heavy atom. The van der Waals surface area contributed by atoms with Gasteiger partial charge in [0.2, 0.25) is 5.78 Å². The van der Waals surface area contributed by atoms with E-state index in [0.29, 0.717) is 30.1 Å². The average molecular weight is 425 g/mol. The molecule has 30 heavy (non-hydrogen) atoms. The number of hydrogen-bond acceptors (Lipinski definition) is 6. The van der Waals surface area contributed by atoms with Crippen LogP contribution < -0.4 is 15.0 Å². The third kappa shape index (κ3) is 4.00. The lowest BCUT2D eigenvalue weighted by atomic mass is 10.2.